The highest BCUT2D eigenvalue weighted by atomic mass is 32.2. The number of amides is 1. The predicted octanol–water partition coefficient (Wildman–Crippen LogP) is 1.79. The number of likely N-dealkylation sites (tertiary alicyclic amines) is 1. The third-order valence-corrected chi connectivity index (χ3v) is 7.96. The molecule has 0 radical (unpaired) electrons. The van der Waals surface area contributed by atoms with Gasteiger partial charge >= 0.3 is 5.76 Å². The van der Waals surface area contributed by atoms with Gasteiger partial charge in [0.15, 0.2) is 5.58 Å². The molecule has 2 saturated heterocycles. The smallest absolute Gasteiger partial charge is 0.408 e. The molecule has 0 spiro atoms. The van der Waals surface area contributed by atoms with Crippen LogP contribution in [0.25, 0.3) is 11.1 Å². The number of rotatable bonds is 3. The first-order valence-corrected chi connectivity index (χ1v) is 11.6. The Morgan fingerprint density at radius 3 is 2.66 bits per heavy atom. The first-order valence-electron chi connectivity index (χ1n) is 10.2. The van der Waals surface area contributed by atoms with E-state index in [1.54, 1.807) is 13.1 Å². The second kappa shape index (κ2) is 7.60. The van der Waals surface area contributed by atoms with Crippen LogP contribution in [0.4, 0.5) is 0 Å². The van der Waals surface area contributed by atoms with E-state index in [-0.39, 0.29) is 28.8 Å². The van der Waals surface area contributed by atoms with Crippen molar-refractivity contribution in [3.63, 3.8) is 0 Å². The number of sulfonamides is 1. The Hall–Kier alpha value is -2.13. The monoisotopic (exact) mass is 421 g/mol. The summed E-state index contributed by atoms with van der Waals surface area (Å²) in [6, 6.07) is 4.46. The SMILES string of the molecule is C[C@@H]1CCCN(C(=O)[C@H]2CCCN(S(=O)(=O)c3ccc4c(c3)oc(=O)n4C)C2)C1. The van der Waals surface area contributed by atoms with Crippen LogP contribution in [0.3, 0.4) is 0 Å². The second-order valence-corrected chi connectivity index (χ2v) is 10.2. The van der Waals surface area contributed by atoms with Crippen LogP contribution in [0.5, 0.6) is 0 Å². The van der Waals surface area contributed by atoms with Crippen LogP contribution in [0, 0.1) is 11.8 Å². The summed E-state index contributed by atoms with van der Waals surface area (Å²) >= 11 is 0. The van der Waals surface area contributed by atoms with E-state index in [2.05, 4.69) is 6.92 Å². The van der Waals surface area contributed by atoms with Crippen molar-refractivity contribution in [1.82, 2.24) is 13.8 Å². The maximum Gasteiger partial charge on any atom is 0.419 e. The third-order valence-electron chi connectivity index (χ3n) is 6.10. The van der Waals surface area contributed by atoms with Gasteiger partial charge in [0.1, 0.15) is 0 Å². The number of piperidine rings is 2. The molecule has 2 atom stereocenters. The number of fused-ring (bicyclic) bond motifs is 1. The molecule has 0 bridgehead atoms. The number of nitrogens with zero attached hydrogens (tertiary/aromatic N) is 3. The summed E-state index contributed by atoms with van der Waals surface area (Å²) in [5.74, 6) is -0.277. The number of oxazole rings is 1. The van der Waals surface area contributed by atoms with Crippen molar-refractivity contribution in [1.29, 1.82) is 0 Å². The van der Waals surface area contributed by atoms with Crippen LogP contribution >= 0.6 is 0 Å². The molecule has 29 heavy (non-hydrogen) atoms. The Bertz CT molecular complexity index is 1090. The van der Waals surface area contributed by atoms with Crippen molar-refractivity contribution >= 4 is 27.0 Å². The quantitative estimate of drug-likeness (QED) is 0.753. The fourth-order valence-corrected chi connectivity index (χ4v) is 5.97. The summed E-state index contributed by atoms with van der Waals surface area (Å²) in [5.41, 5.74) is 0.783. The zero-order valence-electron chi connectivity index (χ0n) is 16.8. The van der Waals surface area contributed by atoms with Crippen molar-refractivity contribution in [2.45, 2.75) is 37.5 Å². The van der Waals surface area contributed by atoms with Crippen molar-refractivity contribution in [3.8, 4) is 0 Å². The van der Waals surface area contributed by atoms with Crippen LogP contribution < -0.4 is 5.76 Å². The van der Waals surface area contributed by atoms with Gasteiger partial charge in [-0.1, -0.05) is 6.92 Å². The van der Waals surface area contributed by atoms with E-state index in [1.165, 1.54) is 21.0 Å². The van der Waals surface area contributed by atoms with Gasteiger partial charge in [-0.25, -0.2) is 13.2 Å². The highest BCUT2D eigenvalue weighted by Crippen LogP contribution is 2.28. The molecule has 0 aliphatic carbocycles. The maximum atomic E-state index is 13.2. The largest absolute Gasteiger partial charge is 0.419 e. The van der Waals surface area contributed by atoms with Gasteiger partial charge in [-0.2, -0.15) is 4.31 Å². The summed E-state index contributed by atoms with van der Waals surface area (Å²) in [7, 11) is -2.20. The van der Waals surface area contributed by atoms with Crippen LogP contribution in [0.15, 0.2) is 32.3 Å². The average molecular weight is 422 g/mol. The van der Waals surface area contributed by atoms with Gasteiger partial charge in [-0.05, 0) is 43.7 Å². The second-order valence-electron chi connectivity index (χ2n) is 8.29. The van der Waals surface area contributed by atoms with Crippen LogP contribution in [0.1, 0.15) is 32.6 Å². The van der Waals surface area contributed by atoms with Crippen molar-refractivity contribution < 1.29 is 17.6 Å². The van der Waals surface area contributed by atoms with Gasteiger partial charge in [0.05, 0.1) is 16.3 Å². The Kier molecular flexibility index (Phi) is 5.29. The molecular formula is C20H27N3O5S. The molecule has 2 aliphatic rings. The van der Waals surface area contributed by atoms with E-state index in [9.17, 15) is 18.0 Å². The fourth-order valence-electron chi connectivity index (χ4n) is 4.43. The van der Waals surface area contributed by atoms with E-state index in [1.807, 2.05) is 4.90 Å². The van der Waals surface area contributed by atoms with Crippen molar-refractivity contribution in [3.05, 3.63) is 28.7 Å². The molecule has 0 unspecified atom stereocenters. The minimum absolute atomic E-state index is 0.0703. The zero-order valence-corrected chi connectivity index (χ0v) is 17.7. The topological polar surface area (TPSA) is 92.8 Å². The summed E-state index contributed by atoms with van der Waals surface area (Å²) in [5, 5.41) is 0. The molecule has 158 valence electrons. The van der Waals surface area contributed by atoms with E-state index >= 15 is 0 Å². The van der Waals surface area contributed by atoms with E-state index in [4.69, 9.17) is 4.42 Å². The molecule has 3 heterocycles. The Morgan fingerprint density at radius 1 is 1.14 bits per heavy atom. The molecule has 9 heteroatoms. The fraction of sp³-hybridized carbons (Fsp3) is 0.600. The summed E-state index contributed by atoms with van der Waals surface area (Å²) < 4.78 is 34.3. The Balaban J connectivity index is 1.55. The molecule has 1 amide bonds. The van der Waals surface area contributed by atoms with Gasteiger partial charge in [0.2, 0.25) is 15.9 Å². The number of hydrogen-bond donors (Lipinski definition) is 0. The number of carbonyl (C=O) groups excluding carboxylic acids is 1. The van der Waals surface area contributed by atoms with E-state index in [0.717, 1.165) is 25.9 Å². The molecule has 8 nitrogen and oxygen atoms in total. The van der Waals surface area contributed by atoms with Gasteiger partial charge in [0.25, 0.3) is 0 Å². The zero-order chi connectivity index (χ0) is 20.8. The summed E-state index contributed by atoms with van der Waals surface area (Å²) in [4.78, 5) is 26.6. The van der Waals surface area contributed by atoms with E-state index in [0.29, 0.717) is 30.8 Å². The van der Waals surface area contributed by atoms with Crippen molar-refractivity contribution in [2.24, 2.45) is 18.9 Å². The average Bonchev–Trinajstić information content (AvgIpc) is 3.00. The highest BCUT2D eigenvalue weighted by molar-refractivity contribution is 7.89. The van der Waals surface area contributed by atoms with Gasteiger partial charge in [-0.15, -0.1) is 0 Å². The lowest BCUT2D eigenvalue weighted by Crippen LogP contribution is -2.48. The highest BCUT2D eigenvalue weighted by Gasteiger charge is 2.36. The molecule has 2 aromatic rings. The first-order chi connectivity index (χ1) is 13.8. The molecule has 4 rings (SSSR count). The number of hydrogen-bond acceptors (Lipinski definition) is 5. The lowest BCUT2D eigenvalue weighted by molar-refractivity contribution is -0.138. The van der Waals surface area contributed by atoms with Crippen LogP contribution in [0.2, 0.25) is 0 Å². The number of aryl methyl sites for hydroxylation is 1. The third kappa shape index (κ3) is 3.73. The minimum atomic E-state index is -3.77. The number of aromatic nitrogens is 1. The molecular weight excluding hydrogens is 394 g/mol. The molecule has 0 N–H and O–H groups in total. The van der Waals surface area contributed by atoms with Gasteiger partial charge in [-0.3, -0.25) is 9.36 Å². The molecule has 1 aromatic heterocycles. The number of carbonyl (C=O) groups is 1. The van der Waals surface area contributed by atoms with Crippen LogP contribution in [-0.2, 0) is 21.9 Å². The molecule has 0 saturated carbocycles. The van der Waals surface area contributed by atoms with Gasteiger partial charge in [0, 0.05) is 39.3 Å². The summed E-state index contributed by atoms with van der Waals surface area (Å²) in [6.45, 7) is 4.25. The van der Waals surface area contributed by atoms with Gasteiger partial charge < -0.3 is 9.32 Å². The lowest BCUT2D eigenvalue weighted by atomic mass is 9.94. The van der Waals surface area contributed by atoms with Crippen LogP contribution in [-0.4, -0.2) is 54.3 Å². The lowest BCUT2D eigenvalue weighted by Gasteiger charge is -2.37. The number of benzene rings is 1. The maximum absolute atomic E-state index is 13.2. The summed E-state index contributed by atoms with van der Waals surface area (Å²) in [6.07, 6.45) is 3.50. The Morgan fingerprint density at radius 2 is 1.90 bits per heavy atom. The normalized spacial score (nSPS) is 24.1. The molecule has 1 aromatic carbocycles. The first kappa shape index (κ1) is 20.2. The molecule has 2 aliphatic heterocycles. The Labute approximate surface area is 170 Å². The van der Waals surface area contributed by atoms with E-state index < -0.39 is 15.8 Å². The minimum Gasteiger partial charge on any atom is -0.408 e. The van der Waals surface area contributed by atoms with Crippen molar-refractivity contribution in [2.75, 3.05) is 26.2 Å². The standard InChI is InChI=1S/C20H27N3O5S/c1-14-5-3-9-22(12-14)19(24)15-6-4-10-23(13-15)29(26,27)16-7-8-17-18(11-16)28-20(25)21(17)2/h7-8,11,14-15H,3-6,9-10,12-13H2,1-2H3/t14-,15+/m1/s1. The predicted molar refractivity (Wildman–Crippen MR) is 108 cm³/mol. The molecule has 2 fully saturated rings.